The van der Waals surface area contributed by atoms with Crippen molar-refractivity contribution in [3.05, 3.63) is 29.8 Å². The topological polar surface area (TPSA) is 75.3 Å². The van der Waals surface area contributed by atoms with E-state index in [4.69, 9.17) is 10.8 Å². The quantitative estimate of drug-likeness (QED) is 0.689. The monoisotopic (exact) mass is 222 g/mol. The predicted molar refractivity (Wildman–Crippen MR) is 63.1 cm³/mol. The molecule has 0 aliphatic carbocycles. The van der Waals surface area contributed by atoms with Crippen molar-refractivity contribution >= 4 is 5.91 Å². The number of amides is 1. The van der Waals surface area contributed by atoms with Gasteiger partial charge in [0.15, 0.2) is 0 Å². The van der Waals surface area contributed by atoms with Gasteiger partial charge in [-0.15, -0.1) is 0 Å². The maximum atomic E-state index is 11.5. The minimum absolute atomic E-state index is 0.0174. The molecule has 0 bridgehead atoms. The van der Waals surface area contributed by atoms with E-state index in [0.29, 0.717) is 13.0 Å². The van der Waals surface area contributed by atoms with Crippen LogP contribution in [0.15, 0.2) is 24.3 Å². The molecule has 0 spiro atoms. The molecule has 1 aromatic carbocycles. The van der Waals surface area contributed by atoms with E-state index in [-0.39, 0.29) is 17.7 Å². The molecule has 0 heterocycles. The van der Waals surface area contributed by atoms with Crippen molar-refractivity contribution < 1.29 is 9.90 Å². The average molecular weight is 222 g/mol. The van der Waals surface area contributed by atoms with Crippen molar-refractivity contribution in [2.45, 2.75) is 25.8 Å². The predicted octanol–water partition coefficient (Wildman–Crippen LogP) is 0.788. The number of phenols is 1. The van der Waals surface area contributed by atoms with Crippen LogP contribution in [0.2, 0.25) is 0 Å². The van der Waals surface area contributed by atoms with Crippen molar-refractivity contribution in [3.8, 4) is 5.75 Å². The third kappa shape index (κ3) is 4.31. The summed E-state index contributed by atoms with van der Waals surface area (Å²) >= 11 is 0. The van der Waals surface area contributed by atoms with Crippen LogP contribution >= 0.6 is 0 Å². The summed E-state index contributed by atoms with van der Waals surface area (Å²) in [5.41, 5.74) is 6.56. The molecule has 0 aliphatic heterocycles. The van der Waals surface area contributed by atoms with Crippen LogP contribution in [-0.2, 0) is 11.2 Å². The maximum Gasteiger partial charge on any atom is 0.224 e. The Morgan fingerprint density at radius 2 is 2.06 bits per heavy atom. The van der Waals surface area contributed by atoms with E-state index < -0.39 is 0 Å². The molecule has 0 saturated carbocycles. The highest BCUT2D eigenvalue weighted by Gasteiger charge is 2.05. The Morgan fingerprint density at radius 3 is 2.62 bits per heavy atom. The lowest BCUT2D eigenvalue weighted by molar-refractivity contribution is -0.120. The molecule has 4 N–H and O–H groups in total. The molecule has 0 radical (unpaired) electrons. The summed E-state index contributed by atoms with van der Waals surface area (Å²) in [5, 5.41) is 11.9. The second-order valence-electron chi connectivity index (χ2n) is 3.82. The van der Waals surface area contributed by atoms with Gasteiger partial charge >= 0.3 is 0 Å². The summed E-state index contributed by atoms with van der Waals surface area (Å²) in [7, 11) is 0. The number of benzene rings is 1. The molecule has 1 unspecified atom stereocenters. The minimum atomic E-state index is -0.0467. The number of hydrogen-bond acceptors (Lipinski definition) is 3. The fourth-order valence-electron chi connectivity index (χ4n) is 1.25. The summed E-state index contributed by atoms with van der Waals surface area (Å²) in [6.45, 7) is 2.49. The number of nitrogens with two attached hydrogens (primary N) is 1. The van der Waals surface area contributed by atoms with E-state index in [9.17, 15) is 4.79 Å². The summed E-state index contributed by atoms with van der Waals surface area (Å²) in [4.78, 5) is 11.5. The second kappa shape index (κ2) is 6.12. The summed E-state index contributed by atoms with van der Waals surface area (Å²) < 4.78 is 0. The van der Waals surface area contributed by atoms with Gasteiger partial charge in [-0.1, -0.05) is 19.1 Å². The van der Waals surface area contributed by atoms with Crippen LogP contribution in [0.5, 0.6) is 5.75 Å². The van der Waals surface area contributed by atoms with Gasteiger partial charge in [0.25, 0.3) is 0 Å². The van der Waals surface area contributed by atoms with Crippen LogP contribution in [0.25, 0.3) is 0 Å². The number of nitrogens with one attached hydrogen (secondary N) is 1. The van der Waals surface area contributed by atoms with E-state index in [1.165, 1.54) is 0 Å². The Hall–Kier alpha value is -1.55. The van der Waals surface area contributed by atoms with Gasteiger partial charge in [0, 0.05) is 12.6 Å². The van der Waals surface area contributed by atoms with Crippen molar-refractivity contribution in [2.75, 3.05) is 6.54 Å². The summed E-state index contributed by atoms with van der Waals surface area (Å²) in [6.07, 6.45) is 1.16. The van der Waals surface area contributed by atoms with Crippen molar-refractivity contribution in [1.82, 2.24) is 5.32 Å². The molecular weight excluding hydrogens is 204 g/mol. The number of aromatic hydroxyl groups is 1. The number of carbonyl (C=O) groups excluding carboxylic acids is 1. The van der Waals surface area contributed by atoms with Crippen molar-refractivity contribution in [1.29, 1.82) is 0 Å². The lowest BCUT2D eigenvalue weighted by Gasteiger charge is -2.10. The molecule has 4 nitrogen and oxygen atoms in total. The molecule has 16 heavy (non-hydrogen) atoms. The number of phenolic OH excluding ortho intramolecular Hbond substituents is 1. The van der Waals surface area contributed by atoms with Gasteiger partial charge in [-0.3, -0.25) is 4.79 Å². The van der Waals surface area contributed by atoms with Crippen LogP contribution in [0, 0.1) is 0 Å². The van der Waals surface area contributed by atoms with Gasteiger partial charge in [-0.05, 0) is 24.1 Å². The maximum absolute atomic E-state index is 11.5. The zero-order valence-corrected chi connectivity index (χ0v) is 9.44. The molecule has 0 saturated heterocycles. The Kier molecular flexibility index (Phi) is 4.79. The first-order valence-electron chi connectivity index (χ1n) is 5.42. The van der Waals surface area contributed by atoms with E-state index >= 15 is 0 Å². The second-order valence-corrected chi connectivity index (χ2v) is 3.82. The molecule has 88 valence electrons. The Labute approximate surface area is 95.5 Å². The van der Waals surface area contributed by atoms with E-state index in [2.05, 4.69) is 5.32 Å². The van der Waals surface area contributed by atoms with Crippen molar-refractivity contribution in [2.24, 2.45) is 5.73 Å². The van der Waals surface area contributed by atoms with Gasteiger partial charge in [0.1, 0.15) is 5.75 Å². The summed E-state index contributed by atoms with van der Waals surface area (Å²) in [6, 6.07) is 6.62. The van der Waals surface area contributed by atoms with Gasteiger partial charge in [0.2, 0.25) is 5.91 Å². The fraction of sp³-hybridized carbons (Fsp3) is 0.417. The standard InChI is InChI=1S/C12H18N2O2/c1-2-10(13)8-14-12(16)7-9-3-5-11(15)6-4-9/h3-6,10,15H,2,7-8,13H2,1H3,(H,14,16). The van der Waals surface area contributed by atoms with Gasteiger partial charge < -0.3 is 16.2 Å². The van der Waals surface area contributed by atoms with Crippen LogP contribution in [0.1, 0.15) is 18.9 Å². The zero-order valence-electron chi connectivity index (χ0n) is 9.44. The van der Waals surface area contributed by atoms with E-state index in [1.54, 1.807) is 24.3 Å². The number of hydrogen-bond donors (Lipinski definition) is 3. The number of carbonyl (C=O) groups is 1. The Balaban J connectivity index is 2.37. The molecule has 1 amide bonds. The zero-order chi connectivity index (χ0) is 12.0. The van der Waals surface area contributed by atoms with Crippen LogP contribution in [0.3, 0.4) is 0 Å². The lowest BCUT2D eigenvalue weighted by Crippen LogP contribution is -2.37. The number of rotatable bonds is 5. The molecule has 0 aliphatic rings. The molecule has 1 rings (SSSR count). The van der Waals surface area contributed by atoms with Crippen LogP contribution < -0.4 is 11.1 Å². The molecule has 0 aromatic heterocycles. The van der Waals surface area contributed by atoms with E-state index in [0.717, 1.165) is 12.0 Å². The fourth-order valence-corrected chi connectivity index (χ4v) is 1.25. The third-order valence-corrected chi connectivity index (χ3v) is 2.39. The smallest absolute Gasteiger partial charge is 0.224 e. The molecule has 1 aromatic rings. The highest BCUT2D eigenvalue weighted by Crippen LogP contribution is 2.09. The highest BCUT2D eigenvalue weighted by atomic mass is 16.3. The Morgan fingerprint density at radius 1 is 1.44 bits per heavy atom. The van der Waals surface area contributed by atoms with Gasteiger partial charge in [-0.2, -0.15) is 0 Å². The first-order valence-corrected chi connectivity index (χ1v) is 5.42. The lowest BCUT2D eigenvalue weighted by atomic mass is 10.1. The van der Waals surface area contributed by atoms with Crippen LogP contribution in [0.4, 0.5) is 0 Å². The van der Waals surface area contributed by atoms with Crippen molar-refractivity contribution in [3.63, 3.8) is 0 Å². The molecule has 0 fully saturated rings. The third-order valence-electron chi connectivity index (χ3n) is 2.39. The molecular formula is C12H18N2O2. The highest BCUT2D eigenvalue weighted by molar-refractivity contribution is 5.78. The minimum Gasteiger partial charge on any atom is -0.508 e. The first kappa shape index (κ1) is 12.5. The average Bonchev–Trinajstić information content (AvgIpc) is 2.29. The first-order chi connectivity index (χ1) is 7.61. The largest absolute Gasteiger partial charge is 0.508 e. The Bertz CT molecular complexity index is 335. The van der Waals surface area contributed by atoms with Gasteiger partial charge in [-0.25, -0.2) is 0 Å². The van der Waals surface area contributed by atoms with Crippen LogP contribution in [-0.4, -0.2) is 23.6 Å². The molecule has 1 atom stereocenters. The van der Waals surface area contributed by atoms with Gasteiger partial charge in [0.05, 0.1) is 6.42 Å². The SMILES string of the molecule is CCC(N)CNC(=O)Cc1ccc(O)cc1. The summed E-state index contributed by atoms with van der Waals surface area (Å²) in [5.74, 6) is 0.159. The molecule has 4 heteroatoms. The normalized spacial score (nSPS) is 12.1. The van der Waals surface area contributed by atoms with E-state index in [1.807, 2.05) is 6.92 Å².